The van der Waals surface area contributed by atoms with Gasteiger partial charge in [0.2, 0.25) is 0 Å². The van der Waals surface area contributed by atoms with E-state index in [2.05, 4.69) is 10.1 Å². The lowest BCUT2D eigenvalue weighted by molar-refractivity contribution is 0.0688. The summed E-state index contributed by atoms with van der Waals surface area (Å²) in [7, 11) is 0. The van der Waals surface area contributed by atoms with Crippen molar-refractivity contribution in [3.8, 4) is 17.1 Å². The molecule has 2 aromatic carbocycles. The van der Waals surface area contributed by atoms with Gasteiger partial charge in [-0.1, -0.05) is 29.8 Å². The molecule has 5 aromatic rings. The molecule has 0 aliphatic carbocycles. The van der Waals surface area contributed by atoms with Gasteiger partial charge in [0, 0.05) is 30.2 Å². The maximum absolute atomic E-state index is 13.4. The number of piperidine rings is 1. The van der Waals surface area contributed by atoms with Crippen LogP contribution in [0.25, 0.3) is 28.2 Å². The van der Waals surface area contributed by atoms with Crippen molar-refractivity contribution in [1.82, 2.24) is 24.2 Å². The fourth-order valence-corrected chi connectivity index (χ4v) is 5.00. The number of halogens is 1. The summed E-state index contributed by atoms with van der Waals surface area (Å²) in [6.45, 7) is 1.07. The number of para-hydroxylation sites is 2. The van der Waals surface area contributed by atoms with E-state index in [4.69, 9.17) is 16.0 Å². The Balaban J connectivity index is 1.26. The SMILES string of the molecule is O=C(c1cc(-c2ccco2)n(-c2cccc(Cl)c2)n1)N1CCC(n2c(=O)[nH]c3ccccc32)CC1. The van der Waals surface area contributed by atoms with Crippen molar-refractivity contribution in [2.75, 3.05) is 13.1 Å². The average Bonchev–Trinajstić information content (AvgIpc) is 3.61. The summed E-state index contributed by atoms with van der Waals surface area (Å²) in [6.07, 6.45) is 2.96. The van der Waals surface area contributed by atoms with Gasteiger partial charge in [-0.05, 0) is 55.3 Å². The number of imidazole rings is 1. The van der Waals surface area contributed by atoms with Gasteiger partial charge in [-0.25, -0.2) is 9.48 Å². The van der Waals surface area contributed by atoms with Crippen molar-refractivity contribution in [2.24, 2.45) is 0 Å². The number of likely N-dealkylation sites (tertiary alicyclic amines) is 1. The van der Waals surface area contributed by atoms with Gasteiger partial charge in [-0.15, -0.1) is 0 Å². The van der Waals surface area contributed by atoms with E-state index < -0.39 is 0 Å². The molecule has 6 rings (SSSR count). The van der Waals surface area contributed by atoms with Crippen LogP contribution in [0.4, 0.5) is 0 Å². The monoisotopic (exact) mass is 487 g/mol. The van der Waals surface area contributed by atoms with Crippen molar-refractivity contribution in [1.29, 1.82) is 0 Å². The van der Waals surface area contributed by atoms with Gasteiger partial charge < -0.3 is 14.3 Å². The Morgan fingerprint density at radius 1 is 1.03 bits per heavy atom. The van der Waals surface area contributed by atoms with E-state index in [1.165, 1.54) is 0 Å². The molecular formula is C26H22ClN5O3. The number of amides is 1. The predicted molar refractivity (Wildman–Crippen MR) is 133 cm³/mol. The molecule has 1 aliphatic rings. The Bertz CT molecular complexity index is 1570. The number of fused-ring (bicyclic) bond motifs is 1. The normalized spacial score (nSPS) is 14.6. The summed E-state index contributed by atoms with van der Waals surface area (Å²) in [4.78, 5) is 30.7. The fraction of sp³-hybridized carbons (Fsp3) is 0.192. The van der Waals surface area contributed by atoms with Gasteiger partial charge in [-0.2, -0.15) is 5.10 Å². The first-order valence-electron chi connectivity index (χ1n) is 11.5. The molecule has 1 saturated heterocycles. The number of carbonyl (C=O) groups excluding carboxylic acids is 1. The Morgan fingerprint density at radius 3 is 2.63 bits per heavy atom. The van der Waals surface area contributed by atoms with Crippen molar-refractivity contribution >= 4 is 28.5 Å². The first kappa shape index (κ1) is 21.5. The van der Waals surface area contributed by atoms with Crippen LogP contribution in [-0.4, -0.2) is 43.2 Å². The highest BCUT2D eigenvalue weighted by molar-refractivity contribution is 6.30. The zero-order valence-corrected chi connectivity index (χ0v) is 19.5. The van der Waals surface area contributed by atoms with E-state index in [0.717, 1.165) is 16.7 Å². The van der Waals surface area contributed by atoms with Crippen molar-refractivity contribution < 1.29 is 9.21 Å². The van der Waals surface area contributed by atoms with Crippen LogP contribution in [0.3, 0.4) is 0 Å². The number of nitrogens with one attached hydrogen (secondary N) is 1. The van der Waals surface area contributed by atoms with Gasteiger partial charge in [0.05, 0.1) is 23.0 Å². The van der Waals surface area contributed by atoms with Gasteiger partial charge in [-0.3, -0.25) is 9.36 Å². The fourth-order valence-electron chi connectivity index (χ4n) is 4.82. The summed E-state index contributed by atoms with van der Waals surface area (Å²) < 4.78 is 9.09. The second-order valence-corrected chi connectivity index (χ2v) is 9.06. The predicted octanol–water partition coefficient (Wildman–Crippen LogP) is 4.91. The largest absolute Gasteiger partial charge is 0.463 e. The molecule has 35 heavy (non-hydrogen) atoms. The maximum atomic E-state index is 13.4. The van der Waals surface area contributed by atoms with Crippen LogP contribution in [0.15, 0.2) is 82.2 Å². The molecule has 1 fully saturated rings. The molecule has 1 N–H and O–H groups in total. The molecule has 1 amide bonds. The molecule has 0 saturated carbocycles. The summed E-state index contributed by atoms with van der Waals surface area (Å²) in [5.41, 5.74) is 3.35. The van der Waals surface area contributed by atoms with Crippen LogP contribution in [0.5, 0.6) is 0 Å². The quantitative estimate of drug-likeness (QED) is 0.390. The lowest BCUT2D eigenvalue weighted by Crippen LogP contribution is -2.40. The smallest absolute Gasteiger partial charge is 0.326 e. The summed E-state index contributed by atoms with van der Waals surface area (Å²) in [5.74, 6) is 0.456. The third-order valence-corrected chi connectivity index (χ3v) is 6.73. The van der Waals surface area contributed by atoms with Crippen LogP contribution < -0.4 is 5.69 Å². The van der Waals surface area contributed by atoms with Crippen LogP contribution in [0.2, 0.25) is 5.02 Å². The van der Waals surface area contributed by atoms with Gasteiger partial charge >= 0.3 is 5.69 Å². The Labute approximate surface area is 205 Å². The number of benzene rings is 2. The topological polar surface area (TPSA) is 89.1 Å². The highest BCUT2D eigenvalue weighted by Gasteiger charge is 2.29. The van der Waals surface area contributed by atoms with Crippen molar-refractivity contribution in [3.05, 3.63) is 94.2 Å². The molecule has 8 nitrogen and oxygen atoms in total. The molecule has 0 spiro atoms. The number of hydrogen-bond acceptors (Lipinski definition) is 4. The molecule has 1 aliphatic heterocycles. The molecule has 9 heteroatoms. The van der Waals surface area contributed by atoms with Gasteiger partial charge in [0.15, 0.2) is 11.5 Å². The Morgan fingerprint density at radius 2 is 1.86 bits per heavy atom. The third-order valence-electron chi connectivity index (χ3n) is 6.50. The second kappa shape index (κ2) is 8.63. The zero-order chi connectivity index (χ0) is 23.9. The minimum absolute atomic E-state index is 0.0328. The van der Waals surface area contributed by atoms with Gasteiger partial charge in [0.25, 0.3) is 5.91 Å². The molecule has 0 bridgehead atoms. The summed E-state index contributed by atoms with van der Waals surface area (Å²) >= 11 is 6.20. The number of aromatic nitrogens is 4. The van der Waals surface area contributed by atoms with Gasteiger partial charge in [0.1, 0.15) is 5.69 Å². The zero-order valence-electron chi connectivity index (χ0n) is 18.7. The highest BCUT2D eigenvalue weighted by atomic mass is 35.5. The first-order chi connectivity index (χ1) is 17.1. The molecule has 3 aromatic heterocycles. The van der Waals surface area contributed by atoms with E-state index in [0.29, 0.717) is 48.1 Å². The third kappa shape index (κ3) is 3.85. The first-order valence-corrected chi connectivity index (χ1v) is 11.8. The van der Waals surface area contributed by atoms with E-state index in [1.54, 1.807) is 40.1 Å². The van der Waals surface area contributed by atoms with E-state index in [9.17, 15) is 9.59 Å². The van der Waals surface area contributed by atoms with E-state index in [1.807, 2.05) is 47.0 Å². The number of furan rings is 1. The Kier molecular flexibility index (Phi) is 5.30. The standard InChI is InChI=1S/C26H22ClN5O3/c27-17-5-3-6-19(15-17)32-23(24-9-4-14-35-24)16-21(29-32)25(33)30-12-10-18(11-13-30)31-22-8-2-1-7-20(22)28-26(31)34/h1-9,14-16,18H,10-13H2,(H,28,34). The van der Waals surface area contributed by atoms with Crippen LogP contribution >= 0.6 is 11.6 Å². The number of carbonyl (C=O) groups is 1. The minimum Gasteiger partial charge on any atom is -0.463 e. The van der Waals surface area contributed by atoms with Crippen LogP contribution in [0.1, 0.15) is 29.4 Å². The molecule has 0 unspecified atom stereocenters. The number of H-pyrrole nitrogens is 1. The van der Waals surface area contributed by atoms with Crippen LogP contribution in [-0.2, 0) is 0 Å². The molecular weight excluding hydrogens is 466 g/mol. The average molecular weight is 488 g/mol. The van der Waals surface area contributed by atoms with Crippen LogP contribution in [0, 0.1) is 0 Å². The number of rotatable bonds is 4. The maximum Gasteiger partial charge on any atom is 0.326 e. The molecule has 0 atom stereocenters. The van der Waals surface area contributed by atoms with Crippen molar-refractivity contribution in [3.63, 3.8) is 0 Å². The number of hydrogen-bond donors (Lipinski definition) is 1. The lowest BCUT2D eigenvalue weighted by Gasteiger charge is -2.32. The number of nitrogens with zero attached hydrogens (tertiary/aromatic N) is 4. The van der Waals surface area contributed by atoms with E-state index in [-0.39, 0.29) is 17.6 Å². The minimum atomic E-state index is -0.150. The summed E-state index contributed by atoms with van der Waals surface area (Å²) in [6, 6.07) is 20.4. The highest BCUT2D eigenvalue weighted by Crippen LogP contribution is 2.29. The lowest BCUT2D eigenvalue weighted by atomic mass is 10.0. The Hall–Kier alpha value is -4.04. The molecule has 176 valence electrons. The number of aromatic amines is 1. The molecule has 4 heterocycles. The summed E-state index contributed by atoms with van der Waals surface area (Å²) in [5, 5.41) is 5.20. The molecule has 0 radical (unpaired) electrons. The van der Waals surface area contributed by atoms with Crippen molar-refractivity contribution in [2.45, 2.75) is 18.9 Å². The second-order valence-electron chi connectivity index (χ2n) is 8.62. The van der Waals surface area contributed by atoms with E-state index >= 15 is 0 Å².